The number of nitrogens with zero attached hydrogens (tertiary/aromatic N) is 2. The standard InChI is InChI=1S/C18H16N2O4/c1-12(2)18(23)24-7-3-4-14(17(21)22)8-13-5-6-15(10-19)16(9-13)11-20/h5-6,8-9H,1,3-4,7H2,2H3,(H,21,22). The van der Waals surface area contributed by atoms with Gasteiger partial charge in [-0.2, -0.15) is 10.5 Å². The molecule has 1 N–H and O–H groups in total. The summed E-state index contributed by atoms with van der Waals surface area (Å²) in [5.41, 5.74) is 1.34. The van der Waals surface area contributed by atoms with Crippen LogP contribution in [0.25, 0.3) is 6.08 Å². The predicted molar refractivity (Wildman–Crippen MR) is 86.5 cm³/mol. The van der Waals surface area contributed by atoms with Gasteiger partial charge in [0.25, 0.3) is 0 Å². The second-order valence-electron chi connectivity index (χ2n) is 5.02. The van der Waals surface area contributed by atoms with Gasteiger partial charge in [-0.05, 0) is 43.5 Å². The van der Waals surface area contributed by atoms with Crippen LogP contribution in [0.4, 0.5) is 0 Å². The molecule has 0 radical (unpaired) electrons. The molecule has 6 nitrogen and oxygen atoms in total. The van der Waals surface area contributed by atoms with Gasteiger partial charge in [-0.3, -0.25) is 0 Å². The molecule has 0 saturated heterocycles. The van der Waals surface area contributed by atoms with Gasteiger partial charge in [0.2, 0.25) is 0 Å². The normalized spacial score (nSPS) is 10.4. The summed E-state index contributed by atoms with van der Waals surface area (Å²) in [6.45, 7) is 5.07. The molecule has 0 aromatic heterocycles. The number of carboxylic acid groups (broad SMARTS) is 1. The third-order valence-corrected chi connectivity index (χ3v) is 3.07. The van der Waals surface area contributed by atoms with E-state index in [1.165, 1.54) is 25.1 Å². The Bertz CT molecular complexity index is 779. The molecule has 6 heteroatoms. The average Bonchev–Trinajstić information content (AvgIpc) is 2.56. The summed E-state index contributed by atoms with van der Waals surface area (Å²) < 4.78 is 4.91. The number of carbonyl (C=O) groups is 2. The molecule has 0 unspecified atom stereocenters. The number of benzene rings is 1. The molecule has 122 valence electrons. The molecule has 0 spiro atoms. The third-order valence-electron chi connectivity index (χ3n) is 3.07. The molecule has 24 heavy (non-hydrogen) atoms. The van der Waals surface area contributed by atoms with Gasteiger partial charge in [-0.25, -0.2) is 9.59 Å². The van der Waals surface area contributed by atoms with Gasteiger partial charge in [0.15, 0.2) is 0 Å². The lowest BCUT2D eigenvalue weighted by atomic mass is 10.0. The Kier molecular flexibility index (Phi) is 6.94. The Morgan fingerprint density at radius 3 is 2.50 bits per heavy atom. The molecule has 0 fully saturated rings. The van der Waals surface area contributed by atoms with Gasteiger partial charge in [0.05, 0.1) is 17.7 Å². The molecule has 0 bridgehead atoms. The highest BCUT2D eigenvalue weighted by molar-refractivity contribution is 5.92. The Hall–Kier alpha value is -3.38. The third kappa shape index (κ3) is 5.43. The Morgan fingerprint density at radius 1 is 1.29 bits per heavy atom. The van der Waals surface area contributed by atoms with E-state index in [2.05, 4.69) is 6.58 Å². The van der Waals surface area contributed by atoms with Gasteiger partial charge in [0, 0.05) is 11.1 Å². The predicted octanol–water partition coefficient (Wildman–Crippen LogP) is 2.80. The largest absolute Gasteiger partial charge is 0.478 e. The quantitative estimate of drug-likeness (QED) is 0.469. The summed E-state index contributed by atoms with van der Waals surface area (Å²) in [4.78, 5) is 22.5. The van der Waals surface area contributed by atoms with Gasteiger partial charge >= 0.3 is 11.9 Å². The number of ether oxygens (including phenoxy) is 1. The number of nitriles is 2. The van der Waals surface area contributed by atoms with E-state index in [1.54, 1.807) is 6.07 Å². The molecule has 1 aromatic carbocycles. The Balaban J connectivity index is 2.82. The van der Waals surface area contributed by atoms with Crippen LogP contribution < -0.4 is 0 Å². The zero-order valence-electron chi connectivity index (χ0n) is 13.2. The van der Waals surface area contributed by atoms with Crippen molar-refractivity contribution >= 4 is 18.0 Å². The van der Waals surface area contributed by atoms with Gasteiger partial charge in [-0.15, -0.1) is 0 Å². The highest BCUT2D eigenvalue weighted by Crippen LogP contribution is 2.16. The molecule has 0 aliphatic heterocycles. The zero-order valence-corrected chi connectivity index (χ0v) is 13.2. The second kappa shape index (κ2) is 8.92. The topological polar surface area (TPSA) is 111 Å². The lowest BCUT2D eigenvalue weighted by Crippen LogP contribution is -2.08. The van der Waals surface area contributed by atoms with Crippen molar-refractivity contribution < 1.29 is 19.4 Å². The van der Waals surface area contributed by atoms with Crippen LogP contribution in [0.2, 0.25) is 0 Å². The smallest absolute Gasteiger partial charge is 0.333 e. The van der Waals surface area contributed by atoms with Crippen molar-refractivity contribution in [3.63, 3.8) is 0 Å². The maximum atomic E-state index is 11.3. The number of rotatable bonds is 7. The summed E-state index contributed by atoms with van der Waals surface area (Å²) >= 11 is 0. The summed E-state index contributed by atoms with van der Waals surface area (Å²) in [7, 11) is 0. The second-order valence-corrected chi connectivity index (χ2v) is 5.02. The molecule has 0 aliphatic carbocycles. The fourth-order valence-electron chi connectivity index (χ4n) is 1.83. The molecule has 0 atom stereocenters. The Labute approximate surface area is 139 Å². The van der Waals surface area contributed by atoms with E-state index in [9.17, 15) is 14.7 Å². The highest BCUT2D eigenvalue weighted by atomic mass is 16.5. The minimum atomic E-state index is -1.09. The summed E-state index contributed by atoms with van der Waals surface area (Å²) in [5, 5.41) is 27.1. The average molecular weight is 324 g/mol. The van der Waals surface area contributed by atoms with Crippen LogP contribution in [-0.4, -0.2) is 23.7 Å². The number of hydrogen-bond donors (Lipinski definition) is 1. The number of carbonyl (C=O) groups excluding carboxylic acids is 1. The van der Waals surface area contributed by atoms with Crippen molar-refractivity contribution in [1.82, 2.24) is 0 Å². The summed E-state index contributed by atoms with van der Waals surface area (Å²) in [5.74, 6) is -1.61. The van der Waals surface area contributed by atoms with Gasteiger partial charge in [0.1, 0.15) is 12.1 Å². The van der Waals surface area contributed by atoms with E-state index in [-0.39, 0.29) is 35.3 Å². The van der Waals surface area contributed by atoms with Crippen LogP contribution in [-0.2, 0) is 14.3 Å². The van der Waals surface area contributed by atoms with E-state index in [4.69, 9.17) is 15.3 Å². The van der Waals surface area contributed by atoms with Crippen molar-refractivity contribution in [3.05, 3.63) is 52.6 Å². The first kappa shape index (κ1) is 18.7. The van der Waals surface area contributed by atoms with E-state index in [1.807, 2.05) is 12.1 Å². The molecule has 0 saturated carbocycles. The first-order chi connectivity index (χ1) is 11.4. The molecule has 0 amide bonds. The van der Waals surface area contributed by atoms with Gasteiger partial charge in [-0.1, -0.05) is 12.6 Å². The number of carboxylic acids is 1. The molecular weight excluding hydrogens is 308 g/mol. The monoisotopic (exact) mass is 324 g/mol. The van der Waals surface area contributed by atoms with Crippen LogP contribution >= 0.6 is 0 Å². The summed E-state index contributed by atoms with van der Waals surface area (Å²) in [6, 6.07) is 8.30. The SMILES string of the molecule is C=C(C)C(=O)OCCCC(=Cc1ccc(C#N)c(C#N)c1)C(=O)O. The number of hydrogen-bond acceptors (Lipinski definition) is 5. The maximum Gasteiger partial charge on any atom is 0.333 e. The molecular formula is C18H16N2O4. The first-order valence-corrected chi connectivity index (χ1v) is 7.09. The molecule has 0 aliphatic rings. The Morgan fingerprint density at radius 2 is 1.96 bits per heavy atom. The molecule has 0 heterocycles. The molecule has 1 aromatic rings. The fraction of sp³-hybridized carbons (Fsp3) is 0.222. The van der Waals surface area contributed by atoms with Gasteiger partial charge < -0.3 is 9.84 Å². The minimum absolute atomic E-state index is 0.0904. The van der Waals surface area contributed by atoms with E-state index >= 15 is 0 Å². The summed E-state index contributed by atoms with van der Waals surface area (Å²) in [6.07, 6.45) is 1.98. The van der Waals surface area contributed by atoms with E-state index in [0.717, 1.165) is 0 Å². The lowest BCUT2D eigenvalue weighted by molar-refractivity contribution is -0.139. The number of esters is 1. The molecule has 1 rings (SSSR count). The van der Waals surface area contributed by atoms with E-state index < -0.39 is 11.9 Å². The highest BCUT2D eigenvalue weighted by Gasteiger charge is 2.10. The van der Waals surface area contributed by atoms with Crippen molar-refractivity contribution in [2.75, 3.05) is 6.61 Å². The number of aliphatic carboxylic acids is 1. The first-order valence-electron chi connectivity index (χ1n) is 7.09. The zero-order chi connectivity index (χ0) is 18.1. The van der Waals surface area contributed by atoms with Crippen molar-refractivity contribution in [3.8, 4) is 12.1 Å². The van der Waals surface area contributed by atoms with Crippen LogP contribution in [0.1, 0.15) is 36.5 Å². The van der Waals surface area contributed by atoms with Crippen LogP contribution in [0.3, 0.4) is 0 Å². The fourth-order valence-corrected chi connectivity index (χ4v) is 1.83. The minimum Gasteiger partial charge on any atom is -0.478 e. The van der Waals surface area contributed by atoms with Crippen molar-refractivity contribution in [2.24, 2.45) is 0 Å². The lowest BCUT2D eigenvalue weighted by Gasteiger charge is -2.06. The van der Waals surface area contributed by atoms with Crippen molar-refractivity contribution in [1.29, 1.82) is 10.5 Å². The van der Waals surface area contributed by atoms with Crippen LogP contribution in [0.5, 0.6) is 0 Å². The van der Waals surface area contributed by atoms with E-state index in [0.29, 0.717) is 12.0 Å². The van der Waals surface area contributed by atoms with Crippen LogP contribution in [0, 0.1) is 22.7 Å². The van der Waals surface area contributed by atoms with Crippen LogP contribution in [0.15, 0.2) is 35.9 Å². The maximum absolute atomic E-state index is 11.3. The van der Waals surface area contributed by atoms with Crippen molar-refractivity contribution in [2.45, 2.75) is 19.8 Å².